The van der Waals surface area contributed by atoms with Gasteiger partial charge in [0.1, 0.15) is 0 Å². The van der Waals surface area contributed by atoms with E-state index in [1.807, 2.05) is 0 Å². The van der Waals surface area contributed by atoms with Gasteiger partial charge in [-0.2, -0.15) is 0 Å². The van der Waals surface area contributed by atoms with E-state index in [1.54, 1.807) is 49.5 Å². The lowest BCUT2D eigenvalue weighted by molar-refractivity contribution is -0.140. The van der Waals surface area contributed by atoms with Crippen LogP contribution in [0.5, 0.6) is 11.5 Å². The summed E-state index contributed by atoms with van der Waals surface area (Å²) in [6.45, 7) is 0.180. The van der Waals surface area contributed by atoms with Crippen LogP contribution < -0.4 is 14.4 Å². The van der Waals surface area contributed by atoms with Gasteiger partial charge < -0.3 is 19.5 Å². The maximum absolute atomic E-state index is 12.6. The number of anilines is 1. The summed E-state index contributed by atoms with van der Waals surface area (Å²) in [7, 11) is 1.58. The lowest BCUT2D eigenvalue weighted by atomic mass is 9.89. The Morgan fingerprint density at radius 3 is 2.85 bits per heavy atom. The van der Waals surface area contributed by atoms with E-state index in [1.165, 1.54) is 11.0 Å². The van der Waals surface area contributed by atoms with Crippen LogP contribution in [0.1, 0.15) is 17.5 Å². The van der Waals surface area contributed by atoms with Crippen LogP contribution in [0, 0.1) is 0 Å². The Hall–Kier alpha value is -2.64. The maximum Gasteiger partial charge on any atom is 0.263 e. The van der Waals surface area contributed by atoms with Crippen molar-refractivity contribution in [2.24, 2.45) is 0 Å². The Morgan fingerprint density at radius 2 is 2.04 bits per heavy atom. The first kappa shape index (κ1) is 17.8. The monoisotopic (exact) mass is 429 g/mol. The number of hydrogen-bond acceptors (Lipinski definition) is 5. The molecule has 7 heteroatoms. The summed E-state index contributed by atoms with van der Waals surface area (Å²) in [4.78, 5) is 26.4. The number of amides is 1. The Balaban J connectivity index is 1.56. The predicted molar refractivity (Wildman–Crippen MR) is 103 cm³/mol. The van der Waals surface area contributed by atoms with Crippen LogP contribution in [0.4, 0.5) is 5.69 Å². The molecule has 27 heavy (non-hydrogen) atoms. The van der Waals surface area contributed by atoms with Crippen molar-refractivity contribution >= 4 is 39.4 Å². The zero-order valence-corrected chi connectivity index (χ0v) is 16.0. The first-order chi connectivity index (χ1) is 12.9. The largest absolute Gasteiger partial charge is 0.454 e. The van der Waals surface area contributed by atoms with Crippen LogP contribution in [-0.2, 0) is 15.2 Å². The molecule has 0 radical (unpaired) electrons. The highest BCUT2D eigenvalue weighted by atomic mass is 79.9. The van der Waals surface area contributed by atoms with Gasteiger partial charge in [0.05, 0.1) is 12.1 Å². The smallest absolute Gasteiger partial charge is 0.263 e. The fourth-order valence-corrected chi connectivity index (χ4v) is 3.68. The quantitative estimate of drug-likeness (QED) is 0.755. The van der Waals surface area contributed by atoms with Gasteiger partial charge in [0.2, 0.25) is 6.79 Å². The molecule has 0 saturated carbocycles. The fourth-order valence-electron chi connectivity index (χ4n) is 3.32. The third-order valence-corrected chi connectivity index (χ3v) is 5.21. The topological polar surface area (TPSA) is 76.1 Å². The molecule has 2 aromatic rings. The summed E-state index contributed by atoms with van der Waals surface area (Å²) in [6.07, 6.45) is 2.65. The minimum absolute atomic E-state index is 0.180. The van der Waals surface area contributed by atoms with Gasteiger partial charge in [0, 0.05) is 17.1 Å². The number of aliphatic hydroxyl groups is 1. The summed E-state index contributed by atoms with van der Waals surface area (Å²) < 4.78 is 11.3. The van der Waals surface area contributed by atoms with Crippen molar-refractivity contribution < 1.29 is 24.2 Å². The molecule has 2 aliphatic heterocycles. The highest BCUT2D eigenvalue weighted by molar-refractivity contribution is 9.10. The third kappa shape index (κ3) is 3.02. The average molecular weight is 430 g/mol. The molecule has 0 spiro atoms. The molecule has 1 N–H and O–H groups in total. The zero-order chi connectivity index (χ0) is 19.2. The number of allylic oxidation sites excluding steroid dienone is 1. The molecule has 2 aliphatic rings. The molecule has 0 aliphatic carbocycles. The third-order valence-electron chi connectivity index (χ3n) is 4.71. The van der Waals surface area contributed by atoms with Crippen LogP contribution in [-0.4, -0.2) is 30.6 Å². The average Bonchev–Trinajstić information content (AvgIpc) is 3.18. The Kier molecular flexibility index (Phi) is 4.28. The molecular formula is C20H16BrNO5. The van der Waals surface area contributed by atoms with E-state index in [0.29, 0.717) is 22.7 Å². The normalized spacial score (nSPS) is 20.4. The Morgan fingerprint density at radius 1 is 1.26 bits per heavy atom. The summed E-state index contributed by atoms with van der Waals surface area (Å²) in [6, 6.07) is 10.5. The molecule has 0 fully saturated rings. The number of rotatable bonds is 4. The van der Waals surface area contributed by atoms with E-state index < -0.39 is 11.5 Å². The molecule has 6 nitrogen and oxygen atoms in total. The molecule has 0 bridgehead atoms. The van der Waals surface area contributed by atoms with E-state index in [2.05, 4.69) is 15.9 Å². The Bertz CT molecular complexity index is 986. The highest BCUT2D eigenvalue weighted by Crippen LogP contribution is 2.43. The van der Waals surface area contributed by atoms with E-state index in [-0.39, 0.29) is 19.0 Å². The second-order valence-electron chi connectivity index (χ2n) is 6.48. The number of likely N-dealkylation sites (N-methyl/N-ethyl adjacent to an activating group) is 1. The van der Waals surface area contributed by atoms with Crippen molar-refractivity contribution in [1.29, 1.82) is 0 Å². The lowest BCUT2D eigenvalue weighted by Gasteiger charge is -2.20. The maximum atomic E-state index is 12.6. The highest BCUT2D eigenvalue weighted by Gasteiger charge is 2.49. The zero-order valence-electron chi connectivity index (χ0n) is 14.4. The van der Waals surface area contributed by atoms with Crippen molar-refractivity contribution in [3.05, 3.63) is 58.1 Å². The molecule has 1 atom stereocenters. The molecule has 138 valence electrons. The first-order valence-electron chi connectivity index (χ1n) is 8.29. The minimum Gasteiger partial charge on any atom is -0.454 e. The van der Waals surface area contributed by atoms with Crippen molar-refractivity contribution in [2.45, 2.75) is 12.0 Å². The van der Waals surface area contributed by atoms with Crippen molar-refractivity contribution in [2.75, 3.05) is 18.7 Å². The molecule has 1 unspecified atom stereocenters. The van der Waals surface area contributed by atoms with Gasteiger partial charge >= 0.3 is 0 Å². The number of carbonyl (C=O) groups excluding carboxylic acids is 2. The van der Waals surface area contributed by atoms with Crippen LogP contribution >= 0.6 is 15.9 Å². The van der Waals surface area contributed by atoms with Crippen LogP contribution in [0.2, 0.25) is 0 Å². The van der Waals surface area contributed by atoms with Gasteiger partial charge in [-0.1, -0.05) is 28.1 Å². The summed E-state index contributed by atoms with van der Waals surface area (Å²) in [5, 5.41) is 11.0. The summed E-state index contributed by atoms with van der Waals surface area (Å²) in [5.74, 6) is 0.411. The van der Waals surface area contributed by atoms with Gasteiger partial charge in [-0.15, -0.1) is 0 Å². The van der Waals surface area contributed by atoms with Crippen molar-refractivity contribution in [1.82, 2.24) is 0 Å². The summed E-state index contributed by atoms with van der Waals surface area (Å²) in [5.41, 5.74) is -0.0884. The van der Waals surface area contributed by atoms with Crippen LogP contribution in [0.15, 0.2) is 46.9 Å². The number of carbonyl (C=O) groups is 2. The second kappa shape index (κ2) is 6.51. The van der Waals surface area contributed by atoms with Crippen molar-refractivity contribution in [3.8, 4) is 11.5 Å². The number of fused-ring (bicyclic) bond motifs is 2. The van der Waals surface area contributed by atoms with Crippen molar-refractivity contribution in [3.63, 3.8) is 0 Å². The molecule has 2 heterocycles. The number of ether oxygens (including phenoxy) is 2. The second-order valence-corrected chi connectivity index (χ2v) is 7.39. The van der Waals surface area contributed by atoms with Gasteiger partial charge in [-0.05, 0) is 42.0 Å². The van der Waals surface area contributed by atoms with Gasteiger partial charge in [-0.25, -0.2) is 0 Å². The molecule has 1 amide bonds. The number of hydrogen-bond donors (Lipinski definition) is 1. The van der Waals surface area contributed by atoms with Crippen LogP contribution in [0.3, 0.4) is 0 Å². The molecule has 0 aromatic heterocycles. The van der Waals surface area contributed by atoms with E-state index in [0.717, 1.165) is 10.0 Å². The molecule has 2 aromatic carbocycles. The van der Waals surface area contributed by atoms with E-state index in [9.17, 15) is 14.7 Å². The number of halogens is 1. The molecule has 0 saturated heterocycles. The fraction of sp³-hybridized carbons (Fsp3) is 0.200. The SMILES string of the molecule is CN1C(=O)C(O)(CC(=O)C=Cc2ccc3c(c2)OCO3)c2cc(Br)ccc21. The standard InChI is InChI=1S/C20H16BrNO5/c1-22-16-6-4-13(21)9-15(16)20(25,19(22)24)10-14(23)5-2-12-3-7-17-18(8-12)27-11-26-17/h2-9,25H,10-11H2,1H3. The predicted octanol–water partition coefficient (Wildman–Crippen LogP) is 3.01. The Labute approximate surface area is 164 Å². The van der Waals surface area contributed by atoms with Gasteiger partial charge in [0.25, 0.3) is 5.91 Å². The van der Waals surface area contributed by atoms with E-state index >= 15 is 0 Å². The van der Waals surface area contributed by atoms with Gasteiger partial charge in [0.15, 0.2) is 22.9 Å². The minimum atomic E-state index is -1.87. The number of nitrogens with zero attached hydrogens (tertiary/aromatic N) is 1. The lowest BCUT2D eigenvalue weighted by Crippen LogP contribution is -2.40. The van der Waals surface area contributed by atoms with Crippen LogP contribution in [0.25, 0.3) is 6.08 Å². The van der Waals surface area contributed by atoms with E-state index in [4.69, 9.17) is 9.47 Å². The molecule has 4 rings (SSSR count). The molecular weight excluding hydrogens is 414 g/mol. The number of benzene rings is 2. The number of ketones is 1. The van der Waals surface area contributed by atoms with Gasteiger partial charge in [-0.3, -0.25) is 9.59 Å². The first-order valence-corrected chi connectivity index (χ1v) is 9.09. The summed E-state index contributed by atoms with van der Waals surface area (Å²) >= 11 is 3.35.